The van der Waals surface area contributed by atoms with E-state index in [2.05, 4.69) is 14.9 Å². The average molecular weight is 284 g/mol. The molecule has 1 aromatic carbocycles. The highest BCUT2D eigenvalue weighted by molar-refractivity contribution is 7.93. The summed E-state index contributed by atoms with van der Waals surface area (Å²) in [6.45, 7) is 0.458. The number of anilines is 1. The molecule has 0 aliphatic heterocycles. The monoisotopic (exact) mass is 284 g/mol. The number of rotatable bonds is 5. The Morgan fingerprint density at radius 1 is 1.22 bits per heavy atom. The SMILES string of the molecule is NCCc1nnc(NS(=O)(=O)c2ccccc2)s1. The van der Waals surface area contributed by atoms with Crippen molar-refractivity contribution in [3.63, 3.8) is 0 Å². The Bertz CT molecular complexity index is 610. The molecular formula is C10H12N4O2S2. The highest BCUT2D eigenvalue weighted by atomic mass is 32.2. The summed E-state index contributed by atoms with van der Waals surface area (Å²) >= 11 is 1.19. The number of sulfonamides is 1. The maximum atomic E-state index is 12.0. The lowest BCUT2D eigenvalue weighted by Gasteiger charge is -2.03. The van der Waals surface area contributed by atoms with Gasteiger partial charge in [-0.1, -0.05) is 29.5 Å². The lowest BCUT2D eigenvalue weighted by atomic mass is 10.4. The summed E-state index contributed by atoms with van der Waals surface area (Å²) in [5, 5.41) is 8.58. The second-order valence-electron chi connectivity index (χ2n) is 3.46. The van der Waals surface area contributed by atoms with E-state index in [1.54, 1.807) is 18.2 Å². The summed E-state index contributed by atoms with van der Waals surface area (Å²) in [6, 6.07) is 8.11. The van der Waals surface area contributed by atoms with Crippen LogP contribution in [0.1, 0.15) is 5.01 Å². The molecule has 2 rings (SSSR count). The van der Waals surface area contributed by atoms with E-state index in [9.17, 15) is 8.42 Å². The van der Waals surface area contributed by atoms with Crippen LogP contribution in [0.2, 0.25) is 0 Å². The quantitative estimate of drug-likeness (QED) is 0.848. The molecular weight excluding hydrogens is 272 g/mol. The van der Waals surface area contributed by atoms with Crippen LogP contribution in [0.15, 0.2) is 35.2 Å². The van der Waals surface area contributed by atoms with Crippen molar-refractivity contribution in [2.45, 2.75) is 11.3 Å². The Labute approximate surface area is 109 Å². The molecule has 18 heavy (non-hydrogen) atoms. The van der Waals surface area contributed by atoms with Crippen LogP contribution < -0.4 is 10.5 Å². The molecule has 0 spiro atoms. The summed E-state index contributed by atoms with van der Waals surface area (Å²) in [7, 11) is -3.59. The molecule has 1 heterocycles. The lowest BCUT2D eigenvalue weighted by molar-refractivity contribution is 0.601. The van der Waals surface area contributed by atoms with Gasteiger partial charge in [-0.2, -0.15) is 0 Å². The third-order valence-electron chi connectivity index (χ3n) is 2.10. The van der Waals surface area contributed by atoms with E-state index in [1.807, 2.05) is 0 Å². The van der Waals surface area contributed by atoms with E-state index in [4.69, 9.17) is 5.73 Å². The fourth-order valence-electron chi connectivity index (χ4n) is 1.29. The molecule has 0 atom stereocenters. The number of nitrogens with one attached hydrogen (secondary N) is 1. The molecule has 0 saturated heterocycles. The molecule has 0 saturated carbocycles. The van der Waals surface area contributed by atoms with Gasteiger partial charge in [0.25, 0.3) is 10.0 Å². The summed E-state index contributed by atoms with van der Waals surface area (Å²) in [5.74, 6) is 0. The number of nitrogens with two attached hydrogens (primary N) is 1. The molecule has 3 N–H and O–H groups in total. The van der Waals surface area contributed by atoms with Gasteiger partial charge in [0.2, 0.25) is 5.13 Å². The Hall–Kier alpha value is -1.51. The van der Waals surface area contributed by atoms with Gasteiger partial charge in [-0.25, -0.2) is 8.42 Å². The van der Waals surface area contributed by atoms with E-state index in [0.717, 1.165) is 0 Å². The van der Waals surface area contributed by atoms with Gasteiger partial charge < -0.3 is 5.73 Å². The molecule has 0 unspecified atom stereocenters. The van der Waals surface area contributed by atoms with Crippen LogP contribution in [-0.2, 0) is 16.4 Å². The van der Waals surface area contributed by atoms with Gasteiger partial charge in [0.05, 0.1) is 4.90 Å². The maximum Gasteiger partial charge on any atom is 0.263 e. The molecule has 0 radical (unpaired) electrons. The first kappa shape index (κ1) is 12.9. The minimum absolute atomic E-state index is 0.195. The molecule has 0 amide bonds. The third kappa shape index (κ3) is 3.03. The minimum Gasteiger partial charge on any atom is -0.330 e. The molecule has 1 aromatic heterocycles. The highest BCUT2D eigenvalue weighted by Gasteiger charge is 2.15. The smallest absolute Gasteiger partial charge is 0.263 e. The Morgan fingerprint density at radius 2 is 1.94 bits per heavy atom. The molecule has 0 bridgehead atoms. The number of benzene rings is 1. The second kappa shape index (κ2) is 5.42. The van der Waals surface area contributed by atoms with Gasteiger partial charge in [0, 0.05) is 6.42 Å². The van der Waals surface area contributed by atoms with Crippen molar-refractivity contribution in [1.82, 2.24) is 10.2 Å². The van der Waals surface area contributed by atoms with Crippen LogP contribution >= 0.6 is 11.3 Å². The van der Waals surface area contributed by atoms with Gasteiger partial charge in [0.15, 0.2) is 0 Å². The fraction of sp³-hybridized carbons (Fsp3) is 0.200. The van der Waals surface area contributed by atoms with Crippen LogP contribution in [0.4, 0.5) is 5.13 Å². The fourth-order valence-corrected chi connectivity index (χ4v) is 3.30. The Morgan fingerprint density at radius 3 is 2.61 bits per heavy atom. The average Bonchev–Trinajstić information content (AvgIpc) is 2.77. The van der Waals surface area contributed by atoms with E-state index in [1.165, 1.54) is 23.5 Å². The topological polar surface area (TPSA) is 98.0 Å². The van der Waals surface area contributed by atoms with Gasteiger partial charge >= 0.3 is 0 Å². The van der Waals surface area contributed by atoms with Gasteiger partial charge in [0.1, 0.15) is 5.01 Å². The first-order valence-corrected chi connectivity index (χ1v) is 7.52. The predicted octanol–water partition coefficient (Wildman–Crippen LogP) is 0.840. The van der Waals surface area contributed by atoms with E-state index >= 15 is 0 Å². The third-order valence-corrected chi connectivity index (χ3v) is 4.48. The molecule has 2 aromatic rings. The Balaban J connectivity index is 2.17. The van der Waals surface area contributed by atoms with Crippen molar-refractivity contribution in [2.75, 3.05) is 11.3 Å². The second-order valence-corrected chi connectivity index (χ2v) is 6.20. The summed E-state index contributed by atoms with van der Waals surface area (Å²) in [5.41, 5.74) is 5.39. The first-order valence-electron chi connectivity index (χ1n) is 5.22. The molecule has 96 valence electrons. The van der Waals surface area contributed by atoms with Crippen LogP contribution in [0.5, 0.6) is 0 Å². The molecule has 0 aliphatic rings. The zero-order chi connectivity index (χ0) is 13.0. The normalized spacial score (nSPS) is 11.4. The van der Waals surface area contributed by atoms with Crippen molar-refractivity contribution in [3.8, 4) is 0 Å². The molecule has 0 fully saturated rings. The summed E-state index contributed by atoms with van der Waals surface area (Å²) < 4.78 is 26.3. The predicted molar refractivity (Wildman–Crippen MR) is 69.9 cm³/mol. The van der Waals surface area contributed by atoms with Crippen molar-refractivity contribution >= 4 is 26.5 Å². The van der Waals surface area contributed by atoms with E-state index in [-0.39, 0.29) is 10.0 Å². The lowest BCUT2D eigenvalue weighted by Crippen LogP contribution is -2.12. The van der Waals surface area contributed by atoms with E-state index in [0.29, 0.717) is 18.0 Å². The minimum atomic E-state index is -3.59. The van der Waals surface area contributed by atoms with Crippen LogP contribution in [0.25, 0.3) is 0 Å². The summed E-state index contributed by atoms with van der Waals surface area (Å²) in [4.78, 5) is 0.195. The zero-order valence-electron chi connectivity index (χ0n) is 9.41. The number of hydrogen-bond donors (Lipinski definition) is 2. The summed E-state index contributed by atoms with van der Waals surface area (Å²) in [6.07, 6.45) is 0.588. The number of hydrogen-bond acceptors (Lipinski definition) is 6. The Kier molecular flexibility index (Phi) is 3.90. The van der Waals surface area contributed by atoms with Gasteiger partial charge in [-0.05, 0) is 18.7 Å². The molecule has 6 nitrogen and oxygen atoms in total. The number of nitrogens with zero attached hydrogens (tertiary/aromatic N) is 2. The zero-order valence-corrected chi connectivity index (χ0v) is 11.0. The van der Waals surface area contributed by atoms with E-state index < -0.39 is 10.0 Å². The highest BCUT2D eigenvalue weighted by Crippen LogP contribution is 2.19. The first-order chi connectivity index (χ1) is 8.62. The molecule has 8 heteroatoms. The van der Waals surface area contributed by atoms with Gasteiger partial charge in [-0.15, -0.1) is 10.2 Å². The van der Waals surface area contributed by atoms with Crippen molar-refractivity contribution < 1.29 is 8.42 Å². The molecule has 0 aliphatic carbocycles. The van der Waals surface area contributed by atoms with Gasteiger partial charge in [-0.3, -0.25) is 4.72 Å². The maximum absolute atomic E-state index is 12.0. The standard InChI is InChI=1S/C10H12N4O2S2/c11-7-6-9-12-13-10(17-9)14-18(15,16)8-4-2-1-3-5-8/h1-5H,6-7,11H2,(H,13,14). The van der Waals surface area contributed by atoms with Crippen LogP contribution in [0.3, 0.4) is 0 Å². The largest absolute Gasteiger partial charge is 0.330 e. The van der Waals surface area contributed by atoms with Crippen molar-refractivity contribution in [1.29, 1.82) is 0 Å². The van der Waals surface area contributed by atoms with Crippen molar-refractivity contribution in [3.05, 3.63) is 35.3 Å². The van der Waals surface area contributed by atoms with Crippen molar-refractivity contribution in [2.24, 2.45) is 5.73 Å². The number of aromatic nitrogens is 2. The van der Waals surface area contributed by atoms with Crippen LogP contribution in [-0.4, -0.2) is 25.2 Å². The van der Waals surface area contributed by atoms with Crippen LogP contribution in [0, 0.1) is 0 Å².